The molecule has 0 unspecified atom stereocenters. The van der Waals surface area contributed by atoms with Crippen LogP contribution in [0.1, 0.15) is 11.1 Å². The molecule has 0 bridgehead atoms. The Kier molecular flexibility index (Phi) is 4.33. The van der Waals surface area contributed by atoms with Gasteiger partial charge in [0.2, 0.25) is 0 Å². The van der Waals surface area contributed by atoms with Gasteiger partial charge in [-0.1, -0.05) is 60.7 Å². The van der Waals surface area contributed by atoms with Crippen LogP contribution in [0, 0.1) is 0 Å². The lowest BCUT2D eigenvalue weighted by Gasteiger charge is -2.05. The molecule has 0 aliphatic rings. The molecule has 94 valence electrons. The summed E-state index contributed by atoms with van der Waals surface area (Å²) in [6.07, 6.45) is 1.31. The zero-order valence-electron chi connectivity index (χ0n) is 10.7. The highest BCUT2D eigenvalue weighted by atomic mass is 16.5. The number of hydrogen-bond acceptors (Lipinski definition) is 2. The van der Waals surface area contributed by atoms with E-state index in [1.54, 1.807) is 0 Å². The highest BCUT2D eigenvalue weighted by Crippen LogP contribution is 2.21. The first-order valence-corrected chi connectivity index (χ1v) is 5.97. The zero-order chi connectivity index (χ0) is 13.5. The van der Waals surface area contributed by atoms with E-state index >= 15 is 0 Å². The molecule has 0 aliphatic carbocycles. The molecule has 2 nitrogen and oxygen atoms in total. The number of carbonyl (C=O) groups excluding carboxylic acids is 1. The van der Waals surface area contributed by atoms with Gasteiger partial charge < -0.3 is 4.74 Å². The van der Waals surface area contributed by atoms with Gasteiger partial charge in [0.15, 0.2) is 0 Å². The molecule has 2 aromatic rings. The van der Waals surface area contributed by atoms with Crippen molar-refractivity contribution in [2.75, 3.05) is 7.11 Å². The third-order valence-electron chi connectivity index (χ3n) is 2.66. The minimum absolute atomic E-state index is 0.413. The Labute approximate surface area is 112 Å². The number of hydrogen-bond donors (Lipinski definition) is 0. The number of carbonyl (C=O) groups is 1. The van der Waals surface area contributed by atoms with E-state index in [0.29, 0.717) is 0 Å². The summed E-state index contributed by atoms with van der Waals surface area (Å²) in [6.45, 7) is 0. The maximum Gasteiger partial charge on any atom is 0.338 e. The van der Waals surface area contributed by atoms with Crippen LogP contribution in [0.4, 0.5) is 0 Å². The van der Waals surface area contributed by atoms with Gasteiger partial charge in [-0.05, 0) is 11.1 Å². The van der Waals surface area contributed by atoms with Gasteiger partial charge in [-0.3, -0.25) is 0 Å². The quantitative estimate of drug-likeness (QED) is 0.474. The molecule has 0 amide bonds. The molecule has 0 N–H and O–H groups in total. The molecule has 0 aliphatic heterocycles. The first-order chi connectivity index (χ1) is 9.31. The van der Waals surface area contributed by atoms with Crippen molar-refractivity contribution in [2.45, 2.75) is 0 Å². The monoisotopic (exact) mass is 250 g/mol. The third kappa shape index (κ3) is 3.44. The Morgan fingerprint density at radius 3 is 1.84 bits per heavy atom. The number of esters is 1. The van der Waals surface area contributed by atoms with E-state index in [9.17, 15) is 4.79 Å². The van der Waals surface area contributed by atoms with Gasteiger partial charge >= 0.3 is 5.97 Å². The van der Waals surface area contributed by atoms with E-state index < -0.39 is 5.97 Å². The average molecular weight is 250 g/mol. The van der Waals surface area contributed by atoms with Crippen LogP contribution in [0.15, 0.2) is 72.5 Å². The first-order valence-electron chi connectivity index (χ1n) is 5.97. The fourth-order valence-electron chi connectivity index (χ4n) is 1.73. The minimum Gasteiger partial charge on any atom is -0.465 e. The highest BCUT2D eigenvalue weighted by Gasteiger charge is 2.03. The highest BCUT2D eigenvalue weighted by molar-refractivity contribution is 5.86. The van der Waals surface area contributed by atoms with E-state index in [1.807, 2.05) is 60.7 Å². The van der Waals surface area contributed by atoms with E-state index in [4.69, 9.17) is 0 Å². The van der Waals surface area contributed by atoms with Gasteiger partial charge in [0.1, 0.15) is 0 Å². The first kappa shape index (κ1) is 12.9. The van der Waals surface area contributed by atoms with Crippen molar-refractivity contribution in [3.05, 3.63) is 83.6 Å². The summed E-state index contributed by atoms with van der Waals surface area (Å²) >= 11 is 0. The zero-order valence-corrected chi connectivity index (χ0v) is 10.7. The van der Waals surface area contributed by atoms with Crippen molar-refractivity contribution < 1.29 is 9.53 Å². The molecule has 0 saturated heterocycles. The molecule has 0 heterocycles. The lowest BCUT2D eigenvalue weighted by atomic mass is 9.99. The molecule has 0 saturated carbocycles. The van der Waals surface area contributed by atoms with Crippen molar-refractivity contribution in [3.63, 3.8) is 0 Å². The molecule has 19 heavy (non-hydrogen) atoms. The average Bonchev–Trinajstić information content (AvgIpc) is 2.49. The van der Waals surface area contributed by atoms with Gasteiger partial charge in [-0.25, -0.2) is 4.79 Å². The van der Waals surface area contributed by atoms with Crippen molar-refractivity contribution in [3.8, 4) is 0 Å². The van der Waals surface area contributed by atoms with Crippen LogP contribution in [0.25, 0.3) is 5.57 Å². The van der Waals surface area contributed by atoms with E-state index in [-0.39, 0.29) is 0 Å². The molecule has 0 radical (unpaired) electrons. The molecule has 0 aromatic heterocycles. The standard InChI is InChI=1S/C17H14O2/c1-19-17(18)13-12-16(14-8-4-2-5-9-14)15-10-6-3-7-11-15/h2-11,13H,1H3. The summed E-state index contributed by atoms with van der Waals surface area (Å²) in [5, 5.41) is 0. The maximum absolute atomic E-state index is 11.2. The Morgan fingerprint density at radius 1 is 0.947 bits per heavy atom. The van der Waals surface area contributed by atoms with Crippen molar-refractivity contribution >= 4 is 11.5 Å². The number of rotatable bonds is 3. The summed E-state index contributed by atoms with van der Waals surface area (Å²) in [5.74, 6) is -0.413. The van der Waals surface area contributed by atoms with E-state index in [1.165, 1.54) is 13.2 Å². The van der Waals surface area contributed by atoms with Gasteiger partial charge in [0, 0.05) is 5.57 Å². The van der Waals surface area contributed by atoms with Gasteiger partial charge in [0.25, 0.3) is 0 Å². The van der Waals surface area contributed by atoms with Crippen LogP contribution in [0.3, 0.4) is 0 Å². The SMILES string of the molecule is COC(=O)C=C=C(c1ccccc1)c1ccccc1. The molecular weight excluding hydrogens is 236 g/mol. The Morgan fingerprint density at radius 2 is 1.42 bits per heavy atom. The van der Waals surface area contributed by atoms with Crippen LogP contribution in [0.2, 0.25) is 0 Å². The number of ether oxygens (including phenoxy) is 1. The summed E-state index contributed by atoms with van der Waals surface area (Å²) < 4.78 is 4.60. The molecular formula is C17H14O2. The number of methoxy groups -OCH3 is 1. The predicted molar refractivity (Wildman–Crippen MR) is 75.5 cm³/mol. The van der Waals surface area contributed by atoms with Crippen LogP contribution < -0.4 is 0 Å². The van der Waals surface area contributed by atoms with E-state index in [0.717, 1.165) is 16.7 Å². The number of benzene rings is 2. The van der Waals surface area contributed by atoms with Crippen molar-refractivity contribution in [1.82, 2.24) is 0 Å². The van der Waals surface area contributed by atoms with Crippen molar-refractivity contribution in [2.24, 2.45) is 0 Å². The molecule has 0 fully saturated rings. The normalized spacial score (nSPS) is 9.32. The summed E-state index contributed by atoms with van der Waals surface area (Å²) in [4.78, 5) is 11.2. The minimum atomic E-state index is -0.413. The lowest BCUT2D eigenvalue weighted by Crippen LogP contribution is -1.93. The second-order valence-electron chi connectivity index (χ2n) is 3.92. The second-order valence-corrected chi connectivity index (χ2v) is 3.92. The largest absolute Gasteiger partial charge is 0.465 e. The predicted octanol–water partition coefficient (Wildman–Crippen LogP) is 3.45. The van der Waals surface area contributed by atoms with Gasteiger partial charge in [-0.15, -0.1) is 5.73 Å². The second kappa shape index (κ2) is 6.39. The molecule has 0 spiro atoms. The van der Waals surface area contributed by atoms with Crippen LogP contribution in [-0.4, -0.2) is 13.1 Å². The van der Waals surface area contributed by atoms with Crippen LogP contribution >= 0.6 is 0 Å². The topological polar surface area (TPSA) is 26.3 Å². The van der Waals surface area contributed by atoms with Gasteiger partial charge in [0.05, 0.1) is 13.2 Å². The molecule has 0 atom stereocenters. The van der Waals surface area contributed by atoms with Crippen LogP contribution in [-0.2, 0) is 9.53 Å². The smallest absolute Gasteiger partial charge is 0.338 e. The Bertz CT molecular complexity index is 565. The summed E-state index contributed by atoms with van der Waals surface area (Å²) in [6, 6.07) is 19.7. The fourth-order valence-corrected chi connectivity index (χ4v) is 1.73. The van der Waals surface area contributed by atoms with Crippen molar-refractivity contribution in [1.29, 1.82) is 0 Å². The summed E-state index contributed by atoms with van der Waals surface area (Å²) in [5.41, 5.74) is 5.90. The van der Waals surface area contributed by atoms with Gasteiger partial charge in [-0.2, -0.15) is 0 Å². The Hall–Kier alpha value is -2.57. The molecule has 2 heteroatoms. The molecule has 2 aromatic carbocycles. The van der Waals surface area contributed by atoms with E-state index in [2.05, 4.69) is 10.5 Å². The van der Waals surface area contributed by atoms with Crippen LogP contribution in [0.5, 0.6) is 0 Å². The summed E-state index contributed by atoms with van der Waals surface area (Å²) in [7, 11) is 1.35. The third-order valence-corrected chi connectivity index (χ3v) is 2.66. The Balaban J connectivity index is 2.52. The lowest BCUT2D eigenvalue weighted by molar-refractivity contribution is -0.134. The molecule has 2 rings (SSSR count). The maximum atomic E-state index is 11.2. The fraction of sp³-hybridized carbons (Fsp3) is 0.0588.